The summed E-state index contributed by atoms with van der Waals surface area (Å²) in [5, 5.41) is 11.5. The van der Waals surface area contributed by atoms with Gasteiger partial charge >= 0.3 is 0 Å². The lowest BCUT2D eigenvalue weighted by molar-refractivity contribution is 0.178. The van der Waals surface area contributed by atoms with Crippen molar-refractivity contribution in [2.75, 3.05) is 0 Å². The van der Waals surface area contributed by atoms with Crippen LogP contribution in [-0.4, -0.2) is 15.1 Å². The number of pyridine rings is 2. The minimum atomic E-state index is -0.571. The molecule has 0 fully saturated rings. The Labute approximate surface area is 124 Å². The molecule has 1 N–H and O–H groups in total. The van der Waals surface area contributed by atoms with Crippen molar-refractivity contribution in [3.8, 4) is 0 Å². The molecule has 0 bridgehead atoms. The van der Waals surface area contributed by atoms with Crippen LogP contribution in [0.5, 0.6) is 0 Å². The maximum Gasteiger partial charge on any atom is 0.0852 e. The average molecular weight is 278 g/mol. The molecule has 2 aromatic heterocycles. The van der Waals surface area contributed by atoms with E-state index in [1.54, 1.807) is 6.20 Å². The van der Waals surface area contributed by atoms with Crippen LogP contribution in [0.2, 0.25) is 0 Å². The number of rotatable bonds is 4. The van der Waals surface area contributed by atoms with E-state index in [-0.39, 0.29) is 0 Å². The van der Waals surface area contributed by atoms with Gasteiger partial charge < -0.3 is 5.11 Å². The van der Waals surface area contributed by atoms with E-state index in [4.69, 9.17) is 0 Å². The van der Waals surface area contributed by atoms with Crippen LogP contribution in [-0.2, 0) is 12.8 Å². The zero-order valence-electron chi connectivity index (χ0n) is 12.0. The van der Waals surface area contributed by atoms with Crippen LogP contribution in [0.25, 0.3) is 10.9 Å². The first-order valence-corrected chi connectivity index (χ1v) is 7.23. The molecule has 0 aliphatic carbocycles. The summed E-state index contributed by atoms with van der Waals surface area (Å²) in [5.74, 6) is 0. The van der Waals surface area contributed by atoms with Crippen molar-refractivity contribution in [1.82, 2.24) is 9.97 Å². The summed E-state index contributed by atoms with van der Waals surface area (Å²) in [6, 6.07) is 13.8. The van der Waals surface area contributed by atoms with Crippen LogP contribution >= 0.6 is 0 Å². The summed E-state index contributed by atoms with van der Waals surface area (Å²) in [6.07, 6.45) is 4.54. The van der Waals surface area contributed by atoms with E-state index in [1.807, 2.05) is 42.6 Å². The molecule has 3 rings (SSSR count). The van der Waals surface area contributed by atoms with Crippen LogP contribution in [0, 0.1) is 0 Å². The van der Waals surface area contributed by atoms with Gasteiger partial charge in [0.15, 0.2) is 0 Å². The third-order valence-corrected chi connectivity index (χ3v) is 3.74. The van der Waals surface area contributed by atoms with Gasteiger partial charge in [0.05, 0.1) is 11.6 Å². The Balaban J connectivity index is 1.88. The fourth-order valence-corrected chi connectivity index (χ4v) is 2.50. The van der Waals surface area contributed by atoms with Crippen LogP contribution in [0.1, 0.15) is 29.8 Å². The highest BCUT2D eigenvalue weighted by atomic mass is 16.3. The van der Waals surface area contributed by atoms with Gasteiger partial charge in [-0.25, -0.2) is 0 Å². The molecule has 0 radical (unpaired) electrons. The van der Waals surface area contributed by atoms with Crippen molar-refractivity contribution in [3.05, 3.63) is 71.7 Å². The number of benzene rings is 1. The monoisotopic (exact) mass is 278 g/mol. The van der Waals surface area contributed by atoms with E-state index in [9.17, 15) is 5.11 Å². The smallest absolute Gasteiger partial charge is 0.0852 e. The molecule has 0 spiro atoms. The number of aryl methyl sites for hydroxylation is 1. The number of aliphatic hydroxyl groups is 1. The van der Waals surface area contributed by atoms with E-state index >= 15 is 0 Å². The molecule has 3 heteroatoms. The largest absolute Gasteiger partial charge is 0.388 e. The van der Waals surface area contributed by atoms with Crippen molar-refractivity contribution in [2.24, 2.45) is 0 Å². The standard InChI is InChI=1S/C18H18N2O/c1-2-13-7-8-14(20-12-13)11-18(21)16-9-10-19-17-6-4-3-5-15(16)17/h3-10,12,18,21H,2,11H2,1H3. The minimum Gasteiger partial charge on any atom is -0.388 e. The van der Waals surface area contributed by atoms with Crippen LogP contribution in [0.15, 0.2) is 54.9 Å². The summed E-state index contributed by atoms with van der Waals surface area (Å²) < 4.78 is 0. The summed E-state index contributed by atoms with van der Waals surface area (Å²) in [7, 11) is 0. The summed E-state index contributed by atoms with van der Waals surface area (Å²) in [4.78, 5) is 8.75. The summed E-state index contributed by atoms with van der Waals surface area (Å²) in [5.41, 5.74) is 3.92. The van der Waals surface area contributed by atoms with Gasteiger partial charge in [-0.2, -0.15) is 0 Å². The lowest BCUT2D eigenvalue weighted by atomic mass is 10.0. The molecule has 0 aliphatic heterocycles. The Kier molecular flexibility index (Phi) is 3.93. The Bertz CT molecular complexity index is 732. The molecule has 0 aliphatic rings. The van der Waals surface area contributed by atoms with Gasteiger partial charge in [-0.1, -0.05) is 31.2 Å². The molecule has 0 saturated heterocycles. The number of fused-ring (bicyclic) bond motifs is 1. The highest BCUT2D eigenvalue weighted by Gasteiger charge is 2.13. The van der Waals surface area contributed by atoms with Gasteiger partial charge in [0.1, 0.15) is 0 Å². The van der Waals surface area contributed by atoms with E-state index in [0.717, 1.165) is 28.6 Å². The molecule has 0 amide bonds. The second-order valence-corrected chi connectivity index (χ2v) is 5.15. The zero-order chi connectivity index (χ0) is 14.7. The van der Waals surface area contributed by atoms with Gasteiger partial charge in [-0.15, -0.1) is 0 Å². The van der Waals surface area contributed by atoms with E-state index in [0.29, 0.717) is 6.42 Å². The highest BCUT2D eigenvalue weighted by molar-refractivity contribution is 5.82. The topological polar surface area (TPSA) is 46.0 Å². The molecule has 1 unspecified atom stereocenters. The van der Waals surface area contributed by atoms with Crippen LogP contribution < -0.4 is 0 Å². The number of para-hydroxylation sites is 1. The van der Waals surface area contributed by atoms with Crippen molar-refractivity contribution >= 4 is 10.9 Å². The average Bonchev–Trinajstić information content (AvgIpc) is 2.55. The highest BCUT2D eigenvalue weighted by Crippen LogP contribution is 2.24. The first-order chi connectivity index (χ1) is 10.3. The Morgan fingerprint density at radius 1 is 1.05 bits per heavy atom. The number of aromatic nitrogens is 2. The molecule has 21 heavy (non-hydrogen) atoms. The fourth-order valence-electron chi connectivity index (χ4n) is 2.50. The number of nitrogens with zero attached hydrogens (tertiary/aromatic N) is 2. The van der Waals surface area contributed by atoms with Crippen molar-refractivity contribution in [2.45, 2.75) is 25.9 Å². The maximum absolute atomic E-state index is 10.5. The second kappa shape index (κ2) is 6.02. The van der Waals surface area contributed by atoms with Gasteiger partial charge in [0.25, 0.3) is 0 Å². The van der Waals surface area contributed by atoms with Crippen molar-refractivity contribution < 1.29 is 5.11 Å². The minimum absolute atomic E-state index is 0.512. The van der Waals surface area contributed by atoms with Gasteiger partial charge in [0.2, 0.25) is 0 Å². The molecule has 0 saturated carbocycles. The Hall–Kier alpha value is -2.26. The van der Waals surface area contributed by atoms with Crippen LogP contribution in [0.3, 0.4) is 0 Å². The Morgan fingerprint density at radius 3 is 2.67 bits per heavy atom. The summed E-state index contributed by atoms with van der Waals surface area (Å²) >= 11 is 0. The van der Waals surface area contributed by atoms with E-state index < -0.39 is 6.10 Å². The normalized spacial score (nSPS) is 12.5. The predicted molar refractivity (Wildman–Crippen MR) is 84.0 cm³/mol. The van der Waals surface area contributed by atoms with Gasteiger partial charge in [-0.3, -0.25) is 9.97 Å². The van der Waals surface area contributed by atoms with Crippen LogP contribution in [0.4, 0.5) is 0 Å². The molecule has 1 atom stereocenters. The SMILES string of the molecule is CCc1ccc(CC(O)c2ccnc3ccccc23)nc1. The van der Waals surface area contributed by atoms with Gasteiger partial charge in [-0.05, 0) is 35.7 Å². The molecule has 1 aromatic carbocycles. The van der Waals surface area contributed by atoms with E-state index in [2.05, 4.69) is 23.0 Å². The van der Waals surface area contributed by atoms with E-state index in [1.165, 1.54) is 5.56 Å². The third-order valence-electron chi connectivity index (χ3n) is 3.74. The van der Waals surface area contributed by atoms with Crippen molar-refractivity contribution in [1.29, 1.82) is 0 Å². The fraction of sp³-hybridized carbons (Fsp3) is 0.222. The molecule has 3 aromatic rings. The first kappa shape index (κ1) is 13.7. The quantitative estimate of drug-likeness (QED) is 0.795. The number of hydrogen-bond donors (Lipinski definition) is 1. The second-order valence-electron chi connectivity index (χ2n) is 5.15. The molecule has 106 valence electrons. The zero-order valence-corrected chi connectivity index (χ0v) is 12.0. The first-order valence-electron chi connectivity index (χ1n) is 7.23. The van der Waals surface area contributed by atoms with Crippen molar-refractivity contribution in [3.63, 3.8) is 0 Å². The summed E-state index contributed by atoms with van der Waals surface area (Å²) in [6.45, 7) is 2.11. The number of hydrogen-bond acceptors (Lipinski definition) is 3. The Morgan fingerprint density at radius 2 is 1.90 bits per heavy atom. The lowest BCUT2D eigenvalue weighted by Crippen LogP contribution is -2.04. The van der Waals surface area contributed by atoms with Gasteiger partial charge in [0, 0.05) is 29.9 Å². The molecular weight excluding hydrogens is 260 g/mol. The third kappa shape index (κ3) is 2.93. The maximum atomic E-state index is 10.5. The predicted octanol–water partition coefficient (Wildman–Crippen LogP) is 3.47. The lowest BCUT2D eigenvalue weighted by Gasteiger charge is -2.13. The molecular formula is C18H18N2O. The molecule has 2 heterocycles. The number of aliphatic hydroxyl groups excluding tert-OH is 1. The molecule has 3 nitrogen and oxygen atoms in total.